The molecule has 18 heavy (non-hydrogen) atoms. The Kier molecular flexibility index (Phi) is 6.13. The van der Waals surface area contributed by atoms with Gasteiger partial charge in [-0.15, -0.1) is 0 Å². The fourth-order valence-corrected chi connectivity index (χ4v) is 2.46. The summed E-state index contributed by atoms with van der Waals surface area (Å²) in [4.78, 5) is 2.59. The van der Waals surface area contributed by atoms with Crippen molar-refractivity contribution in [1.82, 2.24) is 4.90 Å². The van der Waals surface area contributed by atoms with E-state index in [1.807, 2.05) is 0 Å². The molecule has 0 radical (unpaired) electrons. The highest BCUT2D eigenvalue weighted by atomic mass is 15.1. The fourth-order valence-electron chi connectivity index (χ4n) is 2.46. The molecule has 0 amide bonds. The normalized spacial score (nSPS) is 16.9. The van der Waals surface area contributed by atoms with Gasteiger partial charge in [-0.2, -0.15) is 0 Å². The van der Waals surface area contributed by atoms with Crippen LogP contribution in [0.2, 0.25) is 0 Å². The predicted octanol–water partition coefficient (Wildman–Crippen LogP) is 3.24. The number of nitrogens with one attached hydrogen (secondary N) is 1. The lowest BCUT2D eigenvalue weighted by atomic mass is 9.84. The Morgan fingerprint density at radius 1 is 1.33 bits per heavy atom. The first-order chi connectivity index (χ1) is 8.45. The van der Waals surface area contributed by atoms with Crippen LogP contribution in [0.3, 0.4) is 0 Å². The van der Waals surface area contributed by atoms with Crippen molar-refractivity contribution < 1.29 is 0 Å². The van der Waals surface area contributed by atoms with Gasteiger partial charge >= 0.3 is 0 Å². The standard InChI is InChI=1S/C15H31N3/c1-4-18(12-13-8-7-9-13)11-6-5-10-15(2,3)14(16)17/h13H,4-12H2,1-3H3,(H3,16,17). The largest absolute Gasteiger partial charge is 0.387 e. The Morgan fingerprint density at radius 3 is 2.44 bits per heavy atom. The average molecular weight is 253 g/mol. The summed E-state index contributed by atoms with van der Waals surface area (Å²) in [5, 5.41) is 7.55. The zero-order chi connectivity index (χ0) is 13.6. The summed E-state index contributed by atoms with van der Waals surface area (Å²) < 4.78 is 0. The lowest BCUT2D eigenvalue weighted by molar-refractivity contribution is 0.180. The molecule has 0 aromatic rings. The molecule has 0 aromatic heterocycles. The molecule has 1 aliphatic carbocycles. The highest BCUT2D eigenvalue weighted by molar-refractivity contribution is 5.82. The second-order valence-corrected chi connectivity index (χ2v) is 6.44. The van der Waals surface area contributed by atoms with Gasteiger partial charge in [-0.05, 0) is 44.7 Å². The number of nitrogens with two attached hydrogens (primary N) is 1. The topological polar surface area (TPSA) is 53.1 Å². The van der Waals surface area contributed by atoms with Gasteiger partial charge in [0, 0.05) is 12.0 Å². The van der Waals surface area contributed by atoms with E-state index in [0.29, 0.717) is 5.84 Å². The van der Waals surface area contributed by atoms with Crippen LogP contribution in [0.5, 0.6) is 0 Å². The number of hydrogen-bond donors (Lipinski definition) is 2. The summed E-state index contributed by atoms with van der Waals surface area (Å²) in [6.07, 6.45) is 7.76. The number of rotatable bonds is 9. The number of amidine groups is 1. The quantitative estimate of drug-likeness (QED) is 0.376. The molecule has 0 bridgehead atoms. The second-order valence-electron chi connectivity index (χ2n) is 6.44. The van der Waals surface area contributed by atoms with Gasteiger partial charge in [0.15, 0.2) is 0 Å². The Labute approximate surface area is 113 Å². The second kappa shape index (κ2) is 7.13. The van der Waals surface area contributed by atoms with Crippen LogP contribution < -0.4 is 5.73 Å². The van der Waals surface area contributed by atoms with E-state index < -0.39 is 0 Å². The van der Waals surface area contributed by atoms with E-state index >= 15 is 0 Å². The molecule has 106 valence electrons. The van der Waals surface area contributed by atoms with Crippen LogP contribution in [0.4, 0.5) is 0 Å². The third-order valence-electron chi connectivity index (χ3n) is 4.44. The van der Waals surface area contributed by atoms with Crippen LogP contribution in [-0.2, 0) is 0 Å². The van der Waals surface area contributed by atoms with Crippen molar-refractivity contribution in [2.45, 2.75) is 59.3 Å². The molecule has 1 rings (SSSR count). The molecule has 1 fully saturated rings. The first kappa shape index (κ1) is 15.5. The molecular formula is C15H31N3. The molecule has 1 saturated carbocycles. The van der Waals surface area contributed by atoms with E-state index in [2.05, 4.69) is 25.7 Å². The van der Waals surface area contributed by atoms with Crippen LogP contribution in [0.1, 0.15) is 59.3 Å². The molecule has 1 aliphatic rings. The number of hydrogen-bond acceptors (Lipinski definition) is 2. The summed E-state index contributed by atoms with van der Waals surface area (Å²) in [5.41, 5.74) is 5.48. The summed E-state index contributed by atoms with van der Waals surface area (Å²) >= 11 is 0. The minimum absolute atomic E-state index is 0.120. The SMILES string of the molecule is CCN(CCCCC(C)(C)C(=N)N)CC1CCC1. The van der Waals surface area contributed by atoms with Crippen LogP contribution in [0.15, 0.2) is 0 Å². The molecule has 0 spiro atoms. The van der Waals surface area contributed by atoms with Crippen LogP contribution in [0.25, 0.3) is 0 Å². The van der Waals surface area contributed by atoms with Gasteiger partial charge in [0.1, 0.15) is 0 Å². The van der Waals surface area contributed by atoms with E-state index in [1.165, 1.54) is 51.7 Å². The Balaban J connectivity index is 2.13. The first-order valence-electron chi connectivity index (χ1n) is 7.52. The van der Waals surface area contributed by atoms with E-state index in [9.17, 15) is 0 Å². The van der Waals surface area contributed by atoms with Gasteiger partial charge in [-0.1, -0.05) is 33.6 Å². The predicted molar refractivity (Wildman–Crippen MR) is 79.0 cm³/mol. The lowest BCUT2D eigenvalue weighted by Crippen LogP contribution is -2.34. The van der Waals surface area contributed by atoms with Crippen molar-refractivity contribution in [3.05, 3.63) is 0 Å². The molecule has 3 heteroatoms. The van der Waals surface area contributed by atoms with Crippen LogP contribution >= 0.6 is 0 Å². The summed E-state index contributed by atoms with van der Waals surface area (Å²) in [6.45, 7) is 10.1. The van der Waals surface area contributed by atoms with Gasteiger partial charge in [-0.25, -0.2) is 0 Å². The van der Waals surface area contributed by atoms with E-state index in [-0.39, 0.29) is 5.41 Å². The zero-order valence-electron chi connectivity index (χ0n) is 12.5. The van der Waals surface area contributed by atoms with Crippen molar-refractivity contribution in [2.24, 2.45) is 17.1 Å². The van der Waals surface area contributed by atoms with Gasteiger partial charge in [0.25, 0.3) is 0 Å². The van der Waals surface area contributed by atoms with Gasteiger partial charge in [0.2, 0.25) is 0 Å². The first-order valence-corrected chi connectivity index (χ1v) is 7.52. The molecule has 3 nitrogen and oxygen atoms in total. The molecule has 0 aromatic carbocycles. The fraction of sp³-hybridized carbons (Fsp3) is 0.933. The van der Waals surface area contributed by atoms with E-state index in [4.69, 9.17) is 11.1 Å². The van der Waals surface area contributed by atoms with Crippen molar-refractivity contribution >= 4 is 5.84 Å². The van der Waals surface area contributed by atoms with Crippen molar-refractivity contribution in [2.75, 3.05) is 19.6 Å². The summed E-state index contributed by atoms with van der Waals surface area (Å²) in [5.74, 6) is 1.29. The lowest BCUT2D eigenvalue weighted by Gasteiger charge is -2.32. The number of nitrogens with zero attached hydrogens (tertiary/aromatic N) is 1. The molecule has 0 aliphatic heterocycles. The summed E-state index contributed by atoms with van der Waals surface area (Å²) in [6, 6.07) is 0. The minimum atomic E-state index is -0.120. The van der Waals surface area contributed by atoms with E-state index in [1.54, 1.807) is 0 Å². The van der Waals surface area contributed by atoms with Gasteiger partial charge in [0.05, 0.1) is 5.84 Å². The third-order valence-corrected chi connectivity index (χ3v) is 4.44. The highest BCUT2D eigenvalue weighted by Crippen LogP contribution is 2.27. The number of unbranched alkanes of at least 4 members (excludes halogenated alkanes) is 1. The Morgan fingerprint density at radius 2 is 2.00 bits per heavy atom. The van der Waals surface area contributed by atoms with Crippen molar-refractivity contribution in [1.29, 1.82) is 5.41 Å². The molecule has 3 N–H and O–H groups in total. The molecule has 0 heterocycles. The molecule has 0 atom stereocenters. The Bertz CT molecular complexity index is 256. The monoisotopic (exact) mass is 253 g/mol. The van der Waals surface area contributed by atoms with Crippen LogP contribution in [0, 0.1) is 16.7 Å². The third kappa shape index (κ3) is 4.97. The van der Waals surface area contributed by atoms with Gasteiger partial charge < -0.3 is 10.6 Å². The van der Waals surface area contributed by atoms with Gasteiger partial charge in [-0.3, -0.25) is 5.41 Å². The van der Waals surface area contributed by atoms with Crippen LogP contribution in [-0.4, -0.2) is 30.4 Å². The maximum atomic E-state index is 7.55. The zero-order valence-corrected chi connectivity index (χ0v) is 12.5. The Hall–Kier alpha value is -0.570. The average Bonchev–Trinajstić information content (AvgIpc) is 2.25. The summed E-state index contributed by atoms with van der Waals surface area (Å²) in [7, 11) is 0. The molecule has 0 unspecified atom stereocenters. The maximum absolute atomic E-state index is 7.55. The van der Waals surface area contributed by atoms with E-state index in [0.717, 1.165) is 12.3 Å². The highest BCUT2D eigenvalue weighted by Gasteiger charge is 2.22. The van der Waals surface area contributed by atoms with Crippen molar-refractivity contribution in [3.63, 3.8) is 0 Å². The maximum Gasteiger partial charge on any atom is 0.0963 e. The molecule has 0 saturated heterocycles. The smallest absolute Gasteiger partial charge is 0.0963 e. The minimum Gasteiger partial charge on any atom is -0.387 e. The molecular weight excluding hydrogens is 222 g/mol. The van der Waals surface area contributed by atoms with Crippen molar-refractivity contribution in [3.8, 4) is 0 Å².